The SMILES string of the molecule is CC(C)c1cn([C@@H]2O[C@H](COC(c3ccccc3)(c3ccccc3)c3ccccc3)[C@@H](O)[C@H]2OC(c2ccccc2)(c2ccccc2)c2ccccc2)c(=O)[nH]c1=O. The molecular weight excluding hydrogens is 725 g/mol. The summed E-state index contributed by atoms with van der Waals surface area (Å²) in [5.74, 6) is -0.208. The Hall–Kier alpha value is -6.16. The molecule has 1 aromatic heterocycles. The zero-order valence-corrected chi connectivity index (χ0v) is 32.4. The van der Waals surface area contributed by atoms with Gasteiger partial charge in [-0.05, 0) is 39.3 Å². The first-order valence-electron chi connectivity index (χ1n) is 19.7. The number of aromatic nitrogens is 2. The Morgan fingerprint density at radius 2 is 0.966 bits per heavy atom. The van der Waals surface area contributed by atoms with Gasteiger partial charge in [0.25, 0.3) is 5.56 Å². The van der Waals surface area contributed by atoms with Crippen molar-refractivity contribution in [3.8, 4) is 0 Å². The predicted molar refractivity (Wildman–Crippen MR) is 225 cm³/mol. The number of hydrogen-bond donors (Lipinski definition) is 2. The first-order valence-corrected chi connectivity index (χ1v) is 19.7. The van der Waals surface area contributed by atoms with Crippen LogP contribution in [-0.4, -0.2) is 39.6 Å². The van der Waals surface area contributed by atoms with E-state index in [4.69, 9.17) is 14.2 Å². The molecule has 8 rings (SSSR count). The molecule has 0 spiro atoms. The lowest BCUT2D eigenvalue weighted by atomic mass is 9.79. The molecule has 0 unspecified atom stereocenters. The molecule has 4 atom stereocenters. The van der Waals surface area contributed by atoms with Crippen LogP contribution >= 0.6 is 0 Å². The van der Waals surface area contributed by atoms with Gasteiger partial charge < -0.3 is 19.3 Å². The van der Waals surface area contributed by atoms with Crippen molar-refractivity contribution in [3.63, 3.8) is 0 Å². The average Bonchev–Trinajstić information content (AvgIpc) is 3.58. The van der Waals surface area contributed by atoms with E-state index in [0.29, 0.717) is 5.56 Å². The zero-order valence-electron chi connectivity index (χ0n) is 32.4. The van der Waals surface area contributed by atoms with Crippen molar-refractivity contribution in [2.75, 3.05) is 6.61 Å². The maximum absolute atomic E-state index is 13.9. The van der Waals surface area contributed by atoms with Gasteiger partial charge in [0.15, 0.2) is 6.23 Å². The second-order valence-electron chi connectivity index (χ2n) is 14.9. The standard InChI is InChI=1S/C50H46N2O6/c1-35(2)42-33-52(48(55)51-46(42)54)47-45(58-50(39-27-15-6-16-28-39,40-29-17-7-18-30-40)41-31-19-8-20-32-41)44(53)43(57-47)34-56-49(36-21-9-3-10-22-36,37-23-11-4-12-24-37)38-25-13-5-14-26-38/h3-33,35,43-45,47,53H,34H2,1-2H3,(H,51,54,55)/t43-,44-,45-,47-/m1/s1. The van der Waals surface area contributed by atoms with Crippen LogP contribution in [0, 0.1) is 0 Å². The number of aliphatic hydroxyl groups is 1. The molecule has 2 heterocycles. The summed E-state index contributed by atoms with van der Waals surface area (Å²) in [6.45, 7) is 3.67. The Balaban J connectivity index is 1.29. The fourth-order valence-electron chi connectivity index (χ4n) is 8.21. The monoisotopic (exact) mass is 770 g/mol. The van der Waals surface area contributed by atoms with Crippen molar-refractivity contribution in [2.45, 2.75) is 55.5 Å². The predicted octanol–water partition coefficient (Wildman–Crippen LogP) is 8.30. The molecule has 8 nitrogen and oxygen atoms in total. The van der Waals surface area contributed by atoms with E-state index in [9.17, 15) is 14.7 Å². The van der Waals surface area contributed by atoms with E-state index < -0.39 is 47.0 Å². The van der Waals surface area contributed by atoms with Crippen molar-refractivity contribution in [1.29, 1.82) is 0 Å². The van der Waals surface area contributed by atoms with Crippen LogP contribution in [0.25, 0.3) is 0 Å². The van der Waals surface area contributed by atoms with Gasteiger partial charge in [0.05, 0.1) is 6.61 Å². The maximum Gasteiger partial charge on any atom is 0.330 e. The van der Waals surface area contributed by atoms with Gasteiger partial charge in [0.2, 0.25) is 0 Å². The Kier molecular flexibility index (Phi) is 11.2. The molecule has 1 saturated heterocycles. The summed E-state index contributed by atoms with van der Waals surface area (Å²) >= 11 is 0. The quantitative estimate of drug-likeness (QED) is 0.115. The summed E-state index contributed by atoms with van der Waals surface area (Å²) in [5.41, 5.74) is 1.95. The zero-order chi connectivity index (χ0) is 40.1. The van der Waals surface area contributed by atoms with Gasteiger partial charge in [-0.3, -0.25) is 14.3 Å². The fourth-order valence-corrected chi connectivity index (χ4v) is 8.21. The summed E-state index contributed by atoms with van der Waals surface area (Å²) in [7, 11) is 0. The van der Waals surface area contributed by atoms with Crippen LogP contribution in [0.4, 0.5) is 0 Å². The van der Waals surface area contributed by atoms with E-state index in [-0.39, 0.29) is 12.5 Å². The number of nitrogens with one attached hydrogen (secondary N) is 1. The molecule has 7 aromatic rings. The van der Waals surface area contributed by atoms with Gasteiger partial charge in [-0.15, -0.1) is 0 Å². The van der Waals surface area contributed by atoms with Gasteiger partial charge >= 0.3 is 5.69 Å². The maximum atomic E-state index is 13.9. The molecule has 0 aliphatic carbocycles. The Bertz CT molecular complexity index is 2320. The average molecular weight is 771 g/mol. The molecule has 1 aliphatic heterocycles. The van der Waals surface area contributed by atoms with Gasteiger partial charge in [0.1, 0.15) is 29.5 Å². The van der Waals surface area contributed by atoms with Crippen LogP contribution in [0.3, 0.4) is 0 Å². The van der Waals surface area contributed by atoms with E-state index in [1.54, 1.807) is 0 Å². The molecule has 1 fully saturated rings. The van der Waals surface area contributed by atoms with Crippen molar-refractivity contribution < 1.29 is 19.3 Å². The second-order valence-corrected chi connectivity index (χ2v) is 14.9. The highest BCUT2D eigenvalue weighted by Crippen LogP contribution is 2.47. The van der Waals surface area contributed by atoms with Crippen LogP contribution < -0.4 is 11.2 Å². The van der Waals surface area contributed by atoms with Gasteiger partial charge in [-0.2, -0.15) is 0 Å². The summed E-state index contributed by atoms with van der Waals surface area (Å²) in [4.78, 5) is 29.4. The molecule has 0 amide bonds. The summed E-state index contributed by atoms with van der Waals surface area (Å²) in [5, 5.41) is 12.7. The number of aromatic amines is 1. The Morgan fingerprint density at radius 1 is 0.603 bits per heavy atom. The molecule has 2 N–H and O–H groups in total. The number of benzene rings is 6. The minimum atomic E-state index is -1.32. The van der Waals surface area contributed by atoms with E-state index in [1.807, 2.05) is 196 Å². The largest absolute Gasteiger partial charge is 0.387 e. The number of rotatable bonds is 13. The van der Waals surface area contributed by atoms with Crippen molar-refractivity contribution in [1.82, 2.24) is 9.55 Å². The van der Waals surface area contributed by atoms with Crippen LogP contribution in [0.2, 0.25) is 0 Å². The van der Waals surface area contributed by atoms with E-state index in [0.717, 1.165) is 33.4 Å². The second kappa shape index (κ2) is 16.7. The smallest absolute Gasteiger partial charge is 0.330 e. The van der Waals surface area contributed by atoms with Crippen LogP contribution in [-0.2, 0) is 25.4 Å². The molecule has 58 heavy (non-hydrogen) atoms. The molecule has 292 valence electrons. The molecule has 1 aliphatic rings. The number of nitrogens with zero attached hydrogens (tertiary/aromatic N) is 1. The van der Waals surface area contributed by atoms with E-state index in [2.05, 4.69) is 4.98 Å². The first kappa shape index (κ1) is 38.7. The molecule has 0 bridgehead atoms. The van der Waals surface area contributed by atoms with Gasteiger partial charge in [-0.1, -0.05) is 196 Å². The van der Waals surface area contributed by atoms with Crippen molar-refractivity contribution in [2.24, 2.45) is 0 Å². The van der Waals surface area contributed by atoms with Crippen LogP contribution in [0.1, 0.15) is 64.9 Å². The molecule has 0 saturated carbocycles. The minimum absolute atomic E-state index is 0.0969. The third kappa shape index (κ3) is 7.16. The van der Waals surface area contributed by atoms with Crippen LogP contribution in [0.5, 0.6) is 0 Å². The lowest BCUT2D eigenvalue weighted by molar-refractivity contribution is -0.125. The van der Waals surface area contributed by atoms with Crippen molar-refractivity contribution in [3.05, 3.63) is 248 Å². The lowest BCUT2D eigenvalue weighted by Crippen LogP contribution is -2.46. The number of hydrogen-bond acceptors (Lipinski definition) is 6. The summed E-state index contributed by atoms with van der Waals surface area (Å²) in [6, 6.07) is 59.4. The van der Waals surface area contributed by atoms with Gasteiger partial charge in [0, 0.05) is 11.8 Å². The first-order chi connectivity index (χ1) is 28.3. The van der Waals surface area contributed by atoms with Gasteiger partial charge in [-0.25, -0.2) is 4.79 Å². The number of H-pyrrole nitrogens is 1. The normalized spacial score (nSPS) is 18.3. The minimum Gasteiger partial charge on any atom is -0.387 e. The summed E-state index contributed by atoms with van der Waals surface area (Å²) < 4.78 is 22.8. The Labute approximate surface area is 338 Å². The fraction of sp³-hybridized carbons (Fsp3) is 0.200. The highest BCUT2D eigenvalue weighted by atomic mass is 16.6. The molecule has 0 radical (unpaired) electrons. The third-order valence-corrected chi connectivity index (χ3v) is 11.1. The highest BCUT2D eigenvalue weighted by Gasteiger charge is 2.52. The highest BCUT2D eigenvalue weighted by molar-refractivity contribution is 5.49. The molecular formula is C50H46N2O6. The molecule has 6 aromatic carbocycles. The third-order valence-electron chi connectivity index (χ3n) is 11.1. The Morgan fingerprint density at radius 3 is 1.33 bits per heavy atom. The summed E-state index contributed by atoms with van der Waals surface area (Å²) in [6.07, 6.45) is -3.12. The van der Waals surface area contributed by atoms with E-state index in [1.165, 1.54) is 10.8 Å². The van der Waals surface area contributed by atoms with E-state index >= 15 is 0 Å². The van der Waals surface area contributed by atoms with Crippen LogP contribution in [0.15, 0.2) is 198 Å². The topological polar surface area (TPSA) is 103 Å². The number of aliphatic hydroxyl groups excluding tert-OH is 1. The van der Waals surface area contributed by atoms with Crippen molar-refractivity contribution >= 4 is 0 Å². The molecule has 8 heteroatoms. The lowest BCUT2D eigenvalue weighted by Gasteiger charge is -2.40. The number of ether oxygens (including phenoxy) is 3.